The van der Waals surface area contributed by atoms with Crippen molar-refractivity contribution in [1.82, 2.24) is 10.3 Å². The van der Waals surface area contributed by atoms with Gasteiger partial charge in [0.2, 0.25) is 0 Å². The van der Waals surface area contributed by atoms with Crippen molar-refractivity contribution in [2.24, 2.45) is 0 Å². The van der Waals surface area contributed by atoms with Gasteiger partial charge in [-0.15, -0.1) is 0 Å². The molecule has 0 bridgehead atoms. The number of hydrogen-bond acceptors (Lipinski definition) is 4. The molecule has 1 aromatic heterocycles. The molecule has 0 radical (unpaired) electrons. The van der Waals surface area contributed by atoms with Gasteiger partial charge in [-0.2, -0.15) is 0 Å². The van der Waals surface area contributed by atoms with E-state index in [9.17, 15) is 9.90 Å². The van der Waals surface area contributed by atoms with Crippen molar-refractivity contribution in [1.29, 1.82) is 0 Å². The monoisotopic (exact) mass is 406 g/mol. The molecule has 4 rings (SSSR count). The van der Waals surface area contributed by atoms with Gasteiger partial charge in [0.05, 0.1) is 0 Å². The fourth-order valence-electron chi connectivity index (χ4n) is 4.27. The number of unbranched alkanes of at least 4 members (excludes halogenated alkanes) is 1. The number of ether oxygens (including phenoxy) is 1. The minimum atomic E-state index is -1.31. The molecular formula is C24H26N2O4. The van der Waals surface area contributed by atoms with Gasteiger partial charge in [-0.1, -0.05) is 30.7 Å². The highest BCUT2D eigenvalue weighted by Crippen LogP contribution is 2.29. The second-order valence-electron chi connectivity index (χ2n) is 7.70. The van der Waals surface area contributed by atoms with E-state index in [1.54, 1.807) is 18.2 Å². The summed E-state index contributed by atoms with van der Waals surface area (Å²) in [7, 11) is 0. The van der Waals surface area contributed by atoms with Gasteiger partial charge in [0, 0.05) is 41.7 Å². The first-order valence-corrected chi connectivity index (χ1v) is 10.3. The number of nitrogens with one attached hydrogen (secondary N) is 2. The summed E-state index contributed by atoms with van der Waals surface area (Å²) in [6.07, 6.45) is 9.25. The van der Waals surface area contributed by atoms with Crippen molar-refractivity contribution < 1.29 is 19.7 Å². The Balaban J connectivity index is 1.34. The molecule has 6 heteroatoms. The lowest BCUT2D eigenvalue weighted by Gasteiger charge is -2.29. The molecule has 0 fully saturated rings. The van der Waals surface area contributed by atoms with Crippen LogP contribution in [0, 0.1) is 0 Å². The molecule has 6 nitrogen and oxygen atoms in total. The number of aromatic nitrogens is 1. The summed E-state index contributed by atoms with van der Waals surface area (Å²) < 4.78 is 4.72. The van der Waals surface area contributed by atoms with Gasteiger partial charge in [0.25, 0.3) is 0 Å². The molecule has 0 aliphatic carbocycles. The third kappa shape index (κ3) is 4.66. The topological polar surface area (TPSA) is 94.6 Å². The Hall–Kier alpha value is -3.25. The summed E-state index contributed by atoms with van der Waals surface area (Å²) in [5.41, 5.74) is 3.25. The number of rotatable bonds is 7. The molecule has 2 atom stereocenters. The van der Waals surface area contributed by atoms with Crippen molar-refractivity contribution >= 4 is 17.1 Å². The number of hydrogen-bond donors (Lipinski definition) is 4. The number of phenolic OH excluding ortho intramolecular Hbond substituents is 1. The second kappa shape index (κ2) is 9.05. The Kier molecular flexibility index (Phi) is 6.05. The van der Waals surface area contributed by atoms with Crippen LogP contribution in [0.5, 0.6) is 11.5 Å². The van der Waals surface area contributed by atoms with E-state index in [1.165, 1.54) is 5.56 Å². The largest absolute Gasteiger partial charge is 0.511 e. The van der Waals surface area contributed by atoms with Crippen LogP contribution >= 0.6 is 0 Å². The van der Waals surface area contributed by atoms with Crippen LogP contribution in [0.4, 0.5) is 4.79 Å². The average Bonchev–Trinajstić information content (AvgIpc) is 3.13. The van der Waals surface area contributed by atoms with E-state index in [4.69, 9.17) is 9.84 Å². The van der Waals surface area contributed by atoms with Gasteiger partial charge in [0.15, 0.2) is 0 Å². The van der Waals surface area contributed by atoms with E-state index in [2.05, 4.69) is 28.5 Å². The van der Waals surface area contributed by atoms with Crippen molar-refractivity contribution in [3.05, 3.63) is 71.9 Å². The highest BCUT2D eigenvalue weighted by molar-refractivity contribution is 5.85. The van der Waals surface area contributed by atoms with Crippen LogP contribution in [-0.2, 0) is 6.42 Å². The van der Waals surface area contributed by atoms with E-state index >= 15 is 0 Å². The molecule has 0 saturated carbocycles. The SMILES string of the molecule is O=C(O)Oc1ccc2c(CCCCC3NCC=CC3c3cccc(O)c3)c[nH]c2c1. The van der Waals surface area contributed by atoms with Gasteiger partial charge in [-0.3, -0.25) is 0 Å². The summed E-state index contributed by atoms with van der Waals surface area (Å²) in [6, 6.07) is 13.2. The first-order chi connectivity index (χ1) is 14.6. The first-order valence-electron chi connectivity index (χ1n) is 10.3. The standard InChI is InChI=1S/C24H26N2O4/c27-18-7-3-6-16(13-18)20-8-4-12-25-22(20)9-2-1-5-17-15-26-23-14-19(30-24(28)29)10-11-21(17)23/h3-4,6-8,10-11,13-15,20,22,25-27H,1-2,5,9,12H2,(H,28,29). The van der Waals surface area contributed by atoms with Crippen molar-refractivity contribution in [2.45, 2.75) is 37.6 Å². The van der Waals surface area contributed by atoms with Crippen LogP contribution in [0.2, 0.25) is 0 Å². The summed E-state index contributed by atoms with van der Waals surface area (Å²) >= 11 is 0. The first kappa shape index (κ1) is 20.0. The van der Waals surface area contributed by atoms with Crippen LogP contribution in [0.25, 0.3) is 10.9 Å². The fourth-order valence-corrected chi connectivity index (χ4v) is 4.27. The van der Waals surface area contributed by atoms with Crippen LogP contribution in [0.15, 0.2) is 60.8 Å². The van der Waals surface area contributed by atoms with Gasteiger partial charge < -0.3 is 25.3 Å². The Morgan fingerprint density at radius 2 is 2.07 bits per heavy atom. The summed E-state index contributed by atoms with van der Waals surface area (Å²) in [4.78, 5) is 13.9. The van der Waals surface area contributed by atoms with Gasteiger partial charge in [-0.05, 0) is 54.7 Å². The van der Waals surface area contributed by atoms with E-state index in [0.717, 1.165) is 48.7 Å². The highest BCUT2D eigenvalue weighted by Gasteiger charge is 2.22. The molecule has 0 saturated heterocycles. The molecule has 1 aliphatic heterocycles. The van der Waals surface area contributed by atoms with E-state index in [-0.39, 0.29) is 5.92 Å². The number of aromatic amines is 1. The molecule has 0 spiro atoms. The second-order valence-corrected chi connectivity index (χ2v) is 7.70. The number of aryl methyl sites for hydroxylation is 1. The number of H-pyrrole nitrogens is 1. The Morgan fingerprint density at radius 1 is 1.17 bits per heavy atom. The van der Waals surface area contributed by atoms with Crippen LogP contribution < -0.4 is 10.1 Å². The van der Waals surface area contributed by atoms with E-state index in [1.807, 2.05) is 24.4 Å². The van der Waals surface area contributed by atoms with E-state index < -0.39 is 6.16 Å². The van der Waals surface area contributed by atoms with Crippen molar-refractivity contribution in [3.63, 3.8) is 0 Å². The quantitative estimate of drug-likeness (QED) is 0.193. The van der Waals surface area contributed by atoms with Gasteiger partial charge in [-0.25, -0.2) is 4.79 Å². The zero-order chi connectivity index (χ0) is 20.9. The molecule has 2 aromatic carbocycles. The zero-order valence-corrected chi connectivity index (χ0v) is 16.7. The number of carbonyl (C=O) groups is 1. The molecule has 156 valence electrons. The predicted molar refractivity (Wildman–Crippen MR) is 116 cm³/mol. The number of carboxylic acid groups (broad SMARTS) is 1. The molecule has 1 aliphatic rings. The Morgan fingerprint density at radius 3 is 2.90 bits per heavy atom. The Labute approximate surface area is 175 Å². The smallest absolute Gasteiger partial charge is 0.508 e. The van der Waals surface area contributed by atoms with Crippen molar-refractivity contribution in [2.75, 3.05) is 6.54 Å². The summed E-state index contributed by atoms with van der Waals surface area (Å²) in [6.45, 7) is 0.878. The van der Waals surface area contributed by atoms with Crippen LogP contribution in [-0.4, -0.2) is 33.9 Å². The number of fused-ring (bicyclic) bond motifs is 1. The zero-order valence-electron chi connectivity index (χ0n) is 16.7. The van der Waals surface area contributed by atoms with Crippen LogP contribution in [0.1, 0.15) is 36.3 Å². The normalized spacial score (nSPS) is 18.5. The lowest BCUT2D eigenvalue weighted by molar-refractivity contribution is 0.144. The Bertz CT molecular complexity index is 1060. The maximum Gasteiger partial charge on any atom is 0.511 e. The molecule has 30 heavy (non-hydrogen) atoms. The molecule has 0 amide bonds. The number of aromatic hydroxyl groups is 1. The minimum Gasteiger partial charge on any atom is -0.508 e. The lowest BCUT2D eigenvalue weighted by atomic mass is 9.86. The van der Waals surface area contributed by atoms with Gasteiger partial charge >= 0.3 is 6.16 Å². The minimum absolute atomic E-state index is 0.270. The fraction of sp³-hybridized carbons (Fsp3) is 0.292. The summed E-state index contributed by atoms with van der Waals surface area (Å²) in [5.74, 6) is 0.894. The van der Waals surface area contributed by atoms with Gasteiger partial charge in [0.1, 0.15) is 11.5 Å². The lowest BCUT2D eigenvalue weighted by Crippen LogP contribution is -2.37. The maximum absolute atomic E-state index is 10.7. The third-order valence-electron chi connectivity index (χ3n) is 5.69. The highest BCUT2D eigenvalue weighted by atomic mass is 16.7. The maximum atomic E-state index is 10.7. The molecule has 2 heterocycles. The molecular weight excluding hydrogens is 380 g/mol. The molecule has 3 aromatic rings. The predicted octanol–water partition coefficient (Wildman–Crippen LogP) is 4.95. The summed E-state index contributed by atoms with van der Waals surface area (Å²) in [5, 5.41) is 23.3. The third-order valence-corrected chi connectivity index (χ3v) is 5.69. The molecule has 2 unspecified atom stereocenters. The number of phenols is 1. The van der Waals surface area contributed by atoms with E-state index in [0.29, 0.717) is 17.5 Å². The molecule has 4 N–H and O–H groups in total. The number of benzene rings is 2. The van der Waals surface area contributed by atoms with Crippen molar-refractivity contribution in [3.8, 4) is 11.5 Å². The van der Waals surface area contributed by atoms with Crippen LogP contribution in [0.3, 0.4) is 0 Å². The average molecular weight is 406 g/mol.